The summed E-state index contributed by atoms with van der Waals surface area (Å²) in [5.41, 5.74) is 2.30. The van der Waals surface area contributed by atoms with Crippen molar-refractivity contribution in [3.05, 3.63) is 38.8 Å². The maximum Gasteiger partial charge on any atom is 0.227 e. The first-order valence-corrected chi connectivity index (χ1v) is 8.89. The molecule has 1 fully saturated rings. The number of carbonyl (C=O) groups excluding carboxylic acids is 1. The summed E-state index contributed by atoms with van der Waals surface area (Å²) < 4.78 is 2.89. The minimum atomic E-state index is -0.0173. The Morgan fingerprint density at radius 3 is 2.96 bits per heavy atom. The summed E-state index contributed by atoms with van der Waals surface area (Å²) in [5.74, 6) is 0.385. The second-order valence-electron chi connectivity index (χ2n) is 5.77. The van der Waals surface area contributed by atoms with Gasteiger partial charge in [-0.1, -0.05) is 0 Å². The Morgan fingerprint density at radius 1 is 1.57 bits per heavy atom. The van der Waals surface area contributed by atoms with Gasteiger partial charge in [0, 0.05) is 45.8 Å². The molecular formula is C15H20BrClN4OS. The van der Waals surface area contributed by atoms with Gasteiger partial charge in [-0.2, -0.15) is 5.10 Å². The van der Waals surface area contributed by atoms with E-state index in [0.717, 1.165) is 28.0 Å². The molecule has 1 saturated heterocycles. The summed E-state index contributed by atoms with van der Waals surface area (Å²) in [6, 6.07) is 2.07. The molecule has 0 bridgehead atoms. The van der Waals surface area contributed by atoms with Gasteiger partial charge in [0.05, 0.1) is 15.9 Å². The quantitative estimate of drug-likeness (QED) is 0.829. The number of rotatable bonds is 4. The van der Waals surface area contributed by atoms with Gasteiger partial charge in [0.2, 0.25) is 5.91 Å². The molecule has 1 amide bonds. The van der Waals surface area contributed by atoms with Gasteiger partial charge in [0.25, 0.3) is 0 Å². The fourth-order valence-electron chi connectivity index (χ4n) is 2.98. The molecule has 5 nitrogen and oxygen atoms in total. The Labute approximate surface area is 154 Å². The van der Waals surface area contributed by atoms with Crippen LogP contribution in [-0.4, -0.2) is 40.7 Å². The van der Waals surface area contributed by atoms with Crippen LogP contribution in [0.1, 0.15) is 17.0 Å². The molecule has 2 aromatic heterocycles. The molecule has 1 aliphatic rings. The number of amides is 1. The number of halogens is 2. The lowest BCUT2D eigenvalue weighted by atomic mass is 9.90. The average molecular weight is 420 g/mol. The second-order valence-corrected chi connectivity index (χ2v) is 8.06. The predicted octanol–water partition coefficient (Wildman–Crippen LogP) is 2.63. The SMILES string of the molecule is CN(Cc1csc(Br)c1)C(=O)[C@H]1CNC[C@@H]1c1cnn(C)c1.Cl. The highest BCUT2D eigenvalue weighted by Crippen LogP contribution is 2.30. The van der Waals surface area contributed by atoms with E-state index in [1.807, 2.05) is 31.4 Å². The number of hydrogen-bond acceptors (Lipinski definition) is 4. The van der Waals surface area contributed by atoms with E-state index in [2.05, 4.69) is 37.8 Å². The highest BCUT2D eigenvalue weighted by molar-refractivity contribution is 9.11. The highest BCUT2D eigenvalue weighted by atomic mass is 79.9. The van der Waals surface area contributed by atoms with Crippen LogP contribution in [0.3, 0.4) is 0 Å². The highest BCUT2D eigenvalue weighted by Gasteiger charge is 2.36. The van der Waals surface area contributed by atoms with E-state index in [1.165, 1.54) is 0 Å². The molecular weight excluding hydrogens is 400 g/mol. The lowest BCUT2D eigenvalue weighted by Crippen LogP contribution is -2.35. The summed E-state index contributed by atoms with van der Waals surface area (Å²) in [6.07, 6.45) is 3.88. The van der Waals surface area contributed by atoms with Crippen LogP contribution >= 0.6 is 39.7 Å². The molecule has 8 heteroatoms. The zero-order valence-corrected chi connectivity index (χ0v) is 16.2. The summed E-state index contributed by atoms with van der Waals surface area (Å²) in [5, 5.41) is 9.66. The number of aromatic nitrogens is 2. The van der Waals surface area contributed by atoms with Gasteiger partial charge in [-0.15, -0.1) is 23.7 Å². The molecule has 3 heterocycles. The Balaban J connectivity index is 0.00000192. The summed E-state index contributed by atoms with van der Waals surface area (Å²) in [6.45, 7) is 2.22. The fraction of sp³-hybridized carbons (Fsp3) is 0.467. The van der Waals surface area contributed by atoms with E-state index in [4.69, 9.17) is 0 Å². The number of nitrogens with one attached hydrogen (secondary N) is 1. The molecule has 0 saturated carbocycles. The molecule has 1 aliphatic heterocycles. The van der Waals surface area contributed by atoms with Crippen LogP contribution in [0.4, 0.5) is 0 Å². The van der Waals surface area contributed by atoms with E-state index >= 15 is 0 Å². The standard InChI is InChI=1S/C15H19BrN4OS.ClH/c1-19(7-10-3-14(16)22-9-10)15(21)13-6-17-5-12(13)11-4-18-20(2)8-11;/h3-4,8-9,12-13,17H,5-7H2,1-2H3;1H/t12-,13+;/m1./s1. The van der Waals surface area contributed by atoms with Gasteiger partial charge in [-0.3, -0.25) is 9.48 Å². The van der Waals surface area contributed by atoms with E-state index in [0.29, 0.717) is 6.54 Å². The first kappa shape index (κ1) is 18.4. The Bertz CT molecular complexity index is 674. The lowest BCUT2D eigenvalue weighted by molar-refractivity contribution is -0.134. The monoisotopic (exact) mass is 418 g/mol. The fourth-order valence-corrected chi connectivity index (χ4v) is 4.18. The van der Waals surface area contributed by atoms with Crippen LogP contribution in [0.2, 0.25) is 0 Å². The first-order valence-electron chi connectivity index (χ1n) is 7.21. The van der Waals surface area contributed by atoms with Crippen molar-refractivity contribution in [3.63, 3.8) is 0 Å². The molecule has 23 heavy (non-hydrogen) atoms. The third-order valence-corrected chi connectivity index (χ3v) is 5.66. The van der Waals surface area contributed by atoms with E-state index in [9.17, 15) is 4.79 Å². The zero-order chi connectivity index (χ0) is 15.7. The largest absolute Gasteiger partial charge is 0.341 e. The predicted molar refractivity (Wildman–Crippen MR) is 98.0 cm³/mol. The Hall–Kier alpha value is -0.890. The van der Waals surface area contributed by atoms with Crippen LogP contribution in [0.15, 0.2) is 27.6 Å². The molecule has 2 aromatic rings. The van der Waals surface area contributed by atoms with Crippen molar-refractivity contribution in [2.24, 2.45) is 13.0 Å². The molecule has 0 unspecified atom stereocenters. The van der Waals surface area contributed by atoms with Crippen molar-refractivity contribution in [2.75, 3.05) is 20.1 Å². The minimum absolute atomic E-state index is 0. The number of aryl methyl sites for hydroxylation is 1. The van der Waals surface area contributed by atoms with E-state index in [-0.39, 0.29) is 30.2 Å². The molecule has 1 N–H and O–H groups in total. The molecule has 0 spiro atoms. The number of hydrogen-bond donors (Lipinski definition) is 1. The smallest absolute Gasteiger partial charge is 0.227 e. The van der Waals surface area contributed by atoms with Gasteiger partial charge < -0.3 is 10.2 Å². The van der Waals surface area contributed by atoms with Crippen LogP contribution < -0.4 is 5.32 Å². The Morgan fingerprint density at radius 2 is 2.35 bits per heavy atom. The lowest BCUT2D eigenvalue weighted by Gasteiger charge is -2.23. The molecule has 0 aliphatic carbocycles. The van der Waals surface area contributed by atoms with Gasteiger partial charge in [-0.25, -0.2) is 0 Å². The Kier molecular flexibility index (Phi) is 6.25. The van der Waals surface area contributed by atoms with Crippen molar-refractivity contribution in [1.82, 2.24) is 20.0 Å². The second kappa shape index (κ2) is 7.79. The number of thiophene rings is 1. The van der Waals surface area contributed by atoms with E-state index < -0.39 is 0 Å². The number of nitrogens with zero attached hydrogens (tertiary/aromatic N) is 3. The molecule has 0 aromatic carbocycles. The van der Waals surface area contributed by atoms with Crippen molar-refractivity contribution in [1.29, 1.82) is 0 Å². The van der Waals surface area contributed by atoms with E-state index in [1.54, 1.807) is 16.0 Å². The molecule has 0 radical (unpaired) electrons. The summed E-state index contributed by atoms with van der Waals surface area (Å²) in [7, 11) is 3.79. The van der Waals surface area contributed by atoms with Crippen LogP contribution in [0.5, 0.6) is 0 Å². The van der Waals surface area contributed by atoms with Crippen LogP contribution in [0.25, 0.3) is 0 Å². The maximum atomic E-state index is 12.8. The van der Waals surface area contributed by atoms with Crippen LogP contribution in [0, 0.1) is 5.92 Å². The van der Waals surface area contributed by atoms with Gasteiger partial charge >= 0.3 is 0 Å². The normalized spacial score (nSPS) is 20.3. The molecule has 3 rings (SSSR count). The first-order chi connectivity index (χ1) is 10.5. The molecule has 126 valence electrons. The van der Waals surface area contributed by atoms with Gasteiger partial charge in [0.15, 0.2) is 0 Å². The average Bonchev–Trinajstić information content (AvgIpc) is 3.18. The van der Waals surface area contributed by atoms with Crippen molar-refractivity contribution in [3.8, 4) is 0 Å². The third-order valence-electron chi connectivity index (χ3n) is 4.10. The van der Waals surface area contributed by atoms with Crippen molar-refractivity contribution in [2.45, 2.75) is 12.5 Å². The minimum Gasteiger partial charge on any atom is -0.341 e. The van der Waals surface area contributed by atoms with Gasteiger partial charge in [-0.05, 0) is 38.5 Å². The zero-order valence-electron chi connectivity index (χ0n) is 13.0. The third kappa shape index (κ3) is 4.15. The van der Waals surface area contributed by atoms with Crippen molar-refractivity contribution < 1.29 is 4.79 Å². The topological polar surface area (TPSA) is 50.2 Å². The summed E-state index contributed by atoms with van der Waals surface area (Å²) >= 11 is 5.11. The molecule has 2 atom stereocenters. The van der Waals surface area contributed by atoms with Crippen molar-refractivity contribution >= 4 is 45.6 Å². The number of carbonyl (C=O) groups is 1. The van der Waals surface area contributed by atoms with Crippen LogP contribution in [-0.2, 0) is 18.4 Å². The summed E-state index contributed by atoms with van der Waals surface area (Å²) in [4.78, 5) is 14.6. The van der Waals surface area contributed by atoms with Gasteiger partial charge in [0.1, 0.15) is 0 Å². The maximum absolute atomic E-state index is 12.8.